The largest absolute Gasteiger partial charge is 0.452 e. The van der Waals surface area contributed by atoms with Crippen LogP contribution in [-0.2, 0) is 25.9 Å². The number of aromatic nitrogens is 3. The Labute approximate surface area is 176 Å². The molecule has 2 aromatic rings. The quantitative estimate of drug-likeness (QED) is 0.547. The van der Waals surface area contributed by atoms with Crippen LogP contribution in [0, 0.1) is 0 Å². The van der Waals surface area contributed by atoms with E-state index in [0.717, 1.165) is 18.4 Å². The van der Waals surface area contributed by atoms with Gasteiger partial charge >= 0.3 is 5.97 Å². The van der Waals surface area contributed by atoms with Crippen LogP contribution in [0.1, 0.15) is 42.1 Å². The first kappa shape index (κ1) is 21.9. The summed E-state index contributed by atoms with van der Waals surface area (Å²) in [5, 5.41) is 4.03. The molecule has 0 spiro atoms. The summed E-state index contributed by atoms with van der Waals surface area (Å²) >= 11 is 0. The molecule has 1 aliphatic heterocycles. The Bertz CT molecular complexity index is 958. The third-order valence-electron chi connectivity index (χ3n) is 5.05. The van der Waals surface area contributed by atoms with E-state index < -0.39 is 22.4 Å². The minimum atomic E-state index is -3.11. The second-order valence-corrected chi connectivity index (χ2v) is 9.59. The Morgan fingerprint density at radius 1 is 1.27 bits per heavy atom. The number of carbonyl (C=O) groups excluding carboxylic acids is 2. The first-order valence-electron chi connectivity index (χ1n) is 9.96. The molecule has 0 N–H and O–H groups in total. The molecule has 1 saturated heterocycles. The first-order valence-corrected chi connectivity index (χ1v) is 11.8. The molecule has 0 unspecified atom stereocenters. The number of rotatable bonds is 9. The zero-order valence-electron chi connectivity index (χ0n) is 16.9. The molecule has 1 atom stereocenters. The number of sulfone groups is 1. The van der Waals surface area contributed by atoms with Crippen molar-refractivity contribution < 1.29 is 22.7 Å². The van der Waals surface area contributed by atoms with Crippen LogP contribution < -0.4 is 0 Å². The maximum Gasteiger partial charge on any atom is 0.338 e. The molecule has 1 aromatic carbocycles. The number of hydrogen-bond donors (Lipinski definition) is 0. The van der Waals surface area contributed by atoms with Crippen LogP contribution in [0.3, 0.4) is 0 Å². The third-order valence-corrected chi connectivity index (χ3v) is 6.80. The number of ether oxygens (including phenoxy) is 1. The predicted octanol–water partition coefficient (Wildman–Crippen LogP) is 1.30. The summed E-state index contributed by atoms with van der Waals surface area (Å²) in [6.07, 6.45) is 5.13. The number of hydrogen-bond acceptors (Lipinski definition) is 7. The molecular formula is C20H26N4O5S. The number of esters is 1. The highest BCUT2D eigenvalue weighted by atomic mass is 32.2. The number of amides is 1. The Hall–Kier alpha value is -2.75. The van der Waals surface area contributed by atoms with E-state index in [2.05, 4.69) is 10.1 Å². The highest BCUT2D eigenvalue weighted by Gasteiger charge is 2.34. The van der Waals surface area contributed by atoms with Crippen LogP contribution in [0.25, 0.3) is 0 Å². The van der Waals surface area contributed by atoms with Gasteiger partial charge in [0.05, 0.1) is 23.6 Å². The van der Waals surface area contributed by atoms with Crippen molar-refractivity contribution in [3.05, 3.63) is 48.0 Å². The van der Waals surface area contributed by atoms with Gasteiger partial charge in [0.2, 0.25) is 0 Å². The Balaban J connectivity index is 1.55. The fraction of sp³-hybridized carbons (Fsp3) is 0.500. The number of unbranched alkanes of at least 4 members (excludes halogenated alkanes) is 1. The molecule has 1 fully saturated rings. The second-order valence-electron chi connectivity index (χ2n) is 7.36. The van der Waals surface area contributed by atoms with E-state index in [0.29, 0.717) is 25.1 Å². The van der Waals surface area contributed by atoms with Crippen molar-refractivity contribution in [2.75, 3.05) is 24.7 Å². The van der Waals surface area contributed by atoms with E-state index in [4.69, 9.17) is 4.74 Å². The van der Waals surface area contributed by atoms with Gasteiger partial charge in [0.25, 0.3) is 5.91 Å². The van der Waals surface area contributed by atoms with Crippen molar-refractivity contribution in [1.29, 1.82) is 0 Å². The van der Waals surface area contributed by atoms with Crippen molar-refractivity contribution in [1.82, 2.24) is 19.7 Å². The number of carbonyl (C=O) groups is 2. The minimum absolute atomic E-state index is 0.0242. The van der Waals surface area contributed by atoms with Gasteiger partial charge in [0.1, 0.15) is 12.7 Å². The molecule has 1 amide bonds. The summed E-state index contributed by atoms with van der Waals surface area (Å²) < 4.78 is 30.4. The van der Waals surface area contributed by atoms with Gasteiger partial charge in [-0.2, -0.15) is 5.10 Å². The SMILES string of the molecule is CCCCN(C(=O)COC(=O)c1ccc(Cn2cncn2)cc1)[C@H]1CCS(=O)(=O)C1. The summed E-state index contributed by atoms with van der Waals surface area (Å²) in [4.78, 5) is 30.4. The zero-order chi connectivity index (χ0) is 21.6. The highest BCUT2D eigenvalue weighted by Crippen LogP contribution is 2.19. The van der Waals surface area contributed by atoms with Crippen LogP contribution in [0.5, 0.6) is 0 Å². The summed E-state index contributed by atoms with van der Waals surface area (Å²) in [7, 11) is -3.11. The molecule has 2 heterocycles. The number of nitrogens with zero attached hydrogens (tertiary/aromatic N) is 4. The summed E-state index contributed by atoms with van der Waals surface area (Å²) in [6.45, 7) is 2.59. The van der Waals surface area contributed by atoms with Gasteiger partial charge in [0, 0.05) is 12.6 Å². The van der Waals surface area contributed by atoms with Crippen LogP contribution in [0.15, 0.2) is 36.9 Å². The van der Waals surface area contributed by atoms with E-state index in [1.54, 1.807) is 40.2 Å². The molecule has 0 bridgehead atoms. The first-order chi connectivity index (χ1) is 14.4. The molecule has 1 aliphatic rings. The van der Waals surface area contributed by atoms with Gasteiger partial charge in [-0.1, -0.05) is 25.5 Å². The monoisotopic (exact) mass is 434 g/mol. The molecule has 162 valence electrons. The molecule has 0 radical (unpaired) electrons. The Morgan fingerprint density at radius 3 is 2.63 bits per heavy atom. The Kier molecular flexibility index (Phi) is 7.20. The molecule has 0 saturated carbocycles. The lowest BCUT2D eigenvalue weighted by Crippen LogP contribution is -2.43. The van der Waals surface area contributed by atoms with Crippen molar-refractivity contribution in [3.8, 4) is 0 Å². The van der Waals surface area contributed by atoms with Gasteiger partial charge in [0.15, 0.2) is 16.4 Å². The molecule has 1 aromatic heterocycles. The molecule has 10 heteroatoms. The van der Waals surface area contributed by atoms with E-state index in [9.17, 15) is 18.0 Å². The topological polar surface area (TPSA) is 111 Å². The van der Waals surface area contributed by atoms with Crippen LogP contribution in [0.2, 0.25) is 0 Å². The molecule has 0 aliphatic carbocycles. The van der Waals surface area contributed by atoms with Gasteiger partial charge in [-0.3, -0.25) is 4.79 Å². The lowest BCUT2D eigenvalue weighted by molar-refractivity contribution is -0.136. The molecule has 30 heavy (non-hydrogen) atoms. The van der Waals surface area contributed by atoms with E-state index in [1.807, 2.05) is 6.92 Å². The average molecular weight is 435 g/mol. The Morgan fingerprint density at radius 2 is 2.03 bits per heavy atom. The van der Waals surface area contributed by atoms with E-state index >= 15 is 0 Å². The van der Waals surface area contributed by atoms with Crippen molar-refractivity contribution in [3.63, 3.8) is 0 Å². The summed E-state index contributed by atoms with van der Waals surface area (Å²) in [5.74, 6) is -0.885. The standard InChI is InChI=1S/C20H26N4O5S/c1-2-3-9-24(18-8-10-30(27,28)13-18)19(25)12-29-20(26)17-6-4-16(5-7-17)11-23-15-21-14-22-23/h4-7,14-15,18H,2-3,8-13H2,1H3/t18-/m0/s1. The van der Waals surface area contributed by atoms with Gasteiger partial charge in [-0.05, 0) is 30.5 Å². The maximum atomic E-state index is 12.7. The zero-order valence-corrected chi connectivity index (χ0v) is 17.8. The molecule has 9 nitrogen and oxygen atoms in total. The summed E-state index contributed by atoms with van der Waals surface area (Å²) in [5.41, 5.74) is 1.29. The molecule has 3 rings (SSSR count). The van der Waals surface area contributed by atoms with Crippen molar-refractivity contribution in [2.24, 2.45) is 0 Å². The maximum absolute atomic E-state index is 12.7. The van der Waals surface area contributed by atoms with Gasteiger partial charge in [-0.15, -0.1) is 0 Å². The smallest absolute Gasteiger partial charge is 0.338 e. The van der Waals surface area contributed by atoms with Crippen LogP contribution in [0.4, 0.5) is 0 Å². The van der Waals surface area contributed by atoms with Crippen LogP contribution in [-0.4, -0.2) is 70.7 Å². The highest BCUT2D eigenvalue weighted by molar-refractivity contribution is 7.91. The van der Waals surface area contributed by atoms with Crippen molar-refractivity contribution in [2.45, 2.75) is 38.8 Å². The fourth-order valence-electron chi connectivity index (χ4n) is 3.40. The fourth-order valence-corrected chi connectivity index (χ4v) is 5.13. The molecular weight excluding hydrogens is 408 g/mol. The van der Waals surface area contributed by atoms with Crippen LogP contribution >= 0.6 is 0 Å². The number of benzene rings is 1. The minimum Gasteiger partial charge on any atom is -0.452 e. The van der Waals surface area contributed by atoms with E-state index in [-0.39, 0.29) is 23.5 Å². The summed E-state index contributed by atoms with van der Waals surface area (Å²) in [6, 6.07) is 6.51. The van der Waals surface area contributed by atoms with Gasteiger partial charge in [-0.25, -0.2) is 22.9 Å². The van der Waals surface area contributed by atoms with Gasteiger partial charge < -0.3 is 9.64 Å². The predicted molar refractivity (Wildman–Crippen MR) is 110 cm³/mol. The lowest BCUT2D eigenvalue weighted by Gasteiger charge is -2.28. The second kappa shape index (κ2) is 9.84. The third kappa shape index (κ3) is 5.88. The van der Waals surface area contributed by atoms with E-state index in [1.165, 1.54) is 6.33 Å². The lowest BCUT2D eigenvalue weighted by atomic mass is 10.1. The normalized spacial score (nSPS) is 17.6. The van der Waals surface area contributed by atoms with Crippen molar-refractivity contribution >= 4 is 21.7 Å². The average Bonchev–Trinajstić information content (AvgIpc) is 3.36.